The quantitative estimate of drug-likeness (QED) is 0.444. The SMILES string of the molecule is COc1cc(NC(=O)COC(=O)c2ccc3c(c2)OCCO3)c(C)cc1[N+](=O)[O-]. The Hall–Kier alpha value is -3.82. The van der Waals surface area contributed by atoms with Crippen molar-refractivity contribution in [1.82, 2.24) is 0 Å². The van der Waals surface area contributed by atoms with Crippen molar-refractivity contribution < 1.29 is 33.5 Å². The normalized spacial score (nSPS) is 12.1. The summed E-state index contributed by atoms with van der Waals surface area (Å²) in [5, 5.41) is 13.6. The first kappa shape index (κ1) is 19.9. The number of anilines is 1. The molecule has 2 aromatic carbocycles. The first-order valence-electron chi connectivity index (χ1n) is 8.58. The summed E-state index contributed by atoms with van der Waals surface area (Å²) in [4.78, 5) is 34.8. The van der Waals surface area contributed by atoms with Crippen molar-refractivity contribution in [3.05, 3.63) is 51.6 Å². The van der Waals surface area contributed by atoms with E-state index in [2.05, 4.69) is 5.32 Å². The molecule has 0 saturated carbocycles. The molecule has 0 spiro atoms. The molecule has 1 heterocycles. The minimum Gasteiger partial charge on any atom is -0.490 e. The predicted octanol–water partition coefficient (Wildman–Crippen LogP) is 2.48. The van der Waals surface area contributed by atoms with Crippen molar-refractivity contribution in [2.45, 2.75) is 6.92 Å². The molecular formula is C19H18N2O8. The Balaban J connectivity index is 1.63. The number of methoxy groups -OCH3 is 1. The minimum atomic E-state index is -0.699. The maximum atomic E-state index is 12.2. The van der Waals surface area contributed by atoms with E-state index in [0.29, 0.717) is 36.0 Å². The van der Waals surface area contributed by atoms with E-state index < -0.39 is 23.4 Å². The third-order valence-electron chi connectivity index (χ3n) is 4.11. The molecule has 1 amide bonds. The van der Waals surface area contributed by atoms with Crippen molar-refractivity contribution in [2.24, 2.45) is 0 Å². The fraction of sp³-hybridized carbons (Fsp3) is 0.263. The predicted molar refractivity (Wildman–Crippen MR) is 101 cm³/mol. The van der Waals surface area contributed by atoms with Gasteiger partial charge in [0.2, 0.25) is 0 Å². The maximum Gasteiger partial charge on any atom is 0.338 e. The summed E-state index contributed by atoms with van der Waals surface area (Å²) in [6.07, 6.45) is 0. The third kappa shape index (κ3) is 4.54. The zero-order valence-electron chi connectivity index (χ0n) is 15.7. The second-order valence-corrected chi connectivity index (χ2v) is 6.08. The number of ether oxygens (including phenoxy) is 4. The zero-order valence-corrected chi connectivity index (χ0v) is 15.7. The standard InChI is InChI=1S/C19H18N2O8/c1-11-7-14(21(24)25)16(26-2)9-13(11)20-18(22)10-29-19(23)12-3-4-15-17(8-12)28-6-5-27-15/h3-4,7-9H,5-6,10H2,1-2H3,(H,20,22). The van der Waals surface area contributed by atoms with Crippen molar-refractivity contribution in [1.29, 1.82) is 0 Å². The number of carbonyl (C=O) groups excluding carboxylic acids is 2. The molecule has 3 rings (SSSR count). The number of benzene rings is 2. The molecule has 10 heteroatoms. The van der Waals surface area contributed by atoms with Gasteiger partial charge in [0.25, 0.3) is 5.91 Å². The number of nitro benzene ring substituents is 1. The van der Waals surface area contributed by atoms with Gasteiger partial charge in [-0.05, 0) is 30.7 Å². The Kier molecular flexibility index (Phi) is 5.82. The summed E-state index contributed by atoms with van der Waals surface area (Å²) in [6.45, 7) is 1.88. The number of hydrogen-bond donors (Lipinski definition) is 1. The summed E-state index contributed by atoms with van der Waals surface area (Å²) in [6, 6.07) is 7.22. The van der Waals surface area contributed by atoms with Gasteiger partial charge in [0, 0.05) is 17.8 Å². The average Bonchev–Trinajstić information content (AvgIpc) is 2.72. The fourth-order valence-corrected chi connectivity index (χ4v) is 2.68. The molecule has 0 fully saturated rings. The minimum absolute atomic E-state index is 0.00386. The number of rotatable bonds is 6. The average molecular weight is 402 g/mol. The van der Waals surface area contributed by atoms with Crippen LogP contribution in [0.3, 0.4) is 0 Å². The van der Waals surface area contributed by atoms with Gasteiger partial charge in [-0.25, -0.2) is 4.79 Å². The van der Waals surface area contributed by atoms with Crippen LogP contribution in [0.4, 0.5) is 11.4 Å². The van der Waals surface area contributed by atoms with Crippen LogP contribution in [0.15, 0.2) is 30.3 Å². The largest absolute Gasteiger partial charge is 0.490 e. The van der Waals surface area contributed by atoms with Crippen molar-refractivity contribution in [3.63, 3.8) is 0 Å². The Bertz CT molecular complexity index is 973. The number of nitrogens with one attached hydrogen (secondary N) is 1. The molecule has 29 heavy (non-hydrogen) atoms. The van der Waals surface area contributed by atoms with Gasteiger partial charge >= 0.3 is 11.7 Å². The van der Waals surface area contributed by atoms with Gasteiger partial charge in [0.1, 0.15) is 13.2 Å². The Labute approximate surface area is 165 Å². The number of hydrogen-bond acceptors (Lipinski definition) is 8. The van der Waals surface area contributed by atoms with E-state index in [9.17, 15) is 19.7 Å². The van der Waals surface area contributed by atoms with E-state index in [0.717, 1.165) is 0 Å². The van der Waals surface area contributed by atoms with E-state index in [1.807, 2.05) is 0 Å². The number of aryl methyl sites for hydroxylation is 1. The number of amides is 1. The second-order valence-electron chi connectivity index (χ2n) is 6.08. The monoisotopic (exact) mass is 402 g/mol. The highest BCUT2D eigenvalue weighted by molar-refractivity contribution is 5.96. The number of nitro groups is 1. The Morgan fingerprint density at radius 1 is 1.17 bits per heavy atom. The Morgan fingerprint density at radius 2 is 1.90 bits per heavy atom. The van der Waals surface area contributed by atoms with E-state index in [-0.39, 0.29) is 17.0 Å². The molecule has 1 N–H and O–H groups in total. The molecule has 2 aromatic rings. The fourth-order valence-electron chi connectivity index (χ4n) is 2.68. The number of nitrogens with zero attached hydrogens (tertiary/aromatic N) is 1. The molecule has 0 atom stereocenters. The summed E-state index contributed by atoms with van der Waals surface area (Å²) < 4.78 is 20.8. The highest BCUT2D eigenvalue weighted by atomic mass is 16.6. The molecule has 0 unspecified atom stereocenters. The highest BCUT2D eigenvalue weighted by Crippen LogP contribution is 2.33. The lowest BCUT2D eigenvalue weighted by atomic mass is 10.1. The molecule has 1 aliphatic rings. The first-order chi connectivity index (χ1) is 13.9. The van der Waals surface area contributed by atoms with Crippen LogP contribution in [0.25, 0.3) is 0 Å². The molecule has 0 saturated heterocycles. The van der Waals surface area contributed by atoms with Crippen molar-refractivity contribution >= 4 is 23.3 Å². The molecule has 0 radical (unpaired) electrons. The lowest BCUT2D eigenvalue weighted by molar-refractivity contribution is -0.385. The molecule has 0 aromatic heterocycles. The topological polar surface area (TPSA) is 126 Å². The van der Waals surface area contributed by atoms with Crippen LogP contribution in [0, 0.1) is 17.0 Å². The van der Waals surface area contributed by atoms with E-state index in [1.165, 1.54) is 31.4 Å². The van der Waals surface area contributed by atoms with E-state index in [4.69, 9.17) is 18.9 Å². The third-order valence-corrected chi connectivity index (χ3v) is 4.11. The van der Waals surface area contributed by atoms with Crippen molar-refractivity contribution in [2.75, 3.05) is 32.2 Å². The number of esters is 1. The van der Waals surface area contributed by atoms with Crippen LogP contribution >= 0.6 is 0 Å². The Morgan fingerprint density at radius 3 is 2.59 bits per heavy atom. The van der Waals surface area contributed by atoms with E-state index in [1.54, 1.807) is 13.0 Å². The van der Waals surface area contributed by atoms with Gasteiger partial charge < -0.3 is 24.3 Å². The van der Waals surface area contributed by atoms with Crippen LogP contribution in [-0.2, 0) is 9.53 Å². The van der Waals surface area contributed by atoms with Crippen LogP contribution in [0.1, 0.15) is 15.9 Å². The van der Waals surface area contributed by atoms with Gasteiger partial charge in [0.15, 0.2) is 23.9 Å². The highest BCUT2D eigenvalue weighted by Gasteiger charge is 2.20. The molecule has 152 valence electrons. The molecule has 1 aliphatic heterocycles. The maximum absolute atomic E-state index is 12.2. The second kappa shape index (κ2) is 8.46. The van der Waals surface area contributed by atoms with Gasteiger partial charge in [0.05, 0.1) is 17.6 Å². The summed E-state index contributed by atoms with van der Waals surface area (Å²) in [5.41, 5.74) is 0.778. The van der Waals surface area contributed by atoms with Crippen LogP contribution in [0.2, 0.25) is 0 Å². The lowest BCUT2D eigenvalue weighted by Crippen LogP contribution is -2.21. The van der Waals surface area contributed by atoms with Crippen LogP contribution in [0.5, 0.6) is 17.2 Å². The zero-order chi connectivity index (χ0) is 21.0. The number of carbonyl (C=O) groups is 2. The molecule has 0 bridgehead atoms. The molecular weight excluding hydrogens is 384 g/mol. The lowest BCUT2D eigenvalue weighted by Gasteiger charge is -2.18. The smallest absolute Gasteiger partial charge is 0.338 e. The summed E-state index contributed by atoms with van der Waals surface area (Å²) >= 11 is 0. The van der Waals surface area contributed by atoms with Gasteiger partial charge in [-0.3, -0.25) is 14.9 Å². The molecule has 10 nitrogen and oxygen atoms in total. The van der Waals surface area contributed by atoms with Crippen molar-refractivity contribution in [3.8, 4) is 17.2 Å². The first-order valence-corrected chi connectivity index (χ1v) is 8.58. The van der Waals surface area contributed by atoms with Gasteiger partial charge in [-0.2, -0.15) is 0 Å². The van der Waals surface area contributed by atoms with E-state index >= 15 is 0 Å². The summed E-state index contributed by atoms with van der Waals surface area (Å²) in [7, 11) is 1.29. The van der Waals surface area contributed by atoms with Gasteiger partial charge in [-0.15, -0.1) is 0 Å². The number of fused-ring (bicyclic) bond motifs is 1. The van der Waals surface area contributed by atoms with Crippen LogP contribution < -0.4 is 19.5 Å². The molecule has 0 aliphatic carbocycles. The van der Waals surface area contributed by atoms with Gasteiger partial charge in [-0.1, -0.05) is 0 Å². The van der Waals surface area contributed by atoms with Crippen LogP contribution in [-0.4, -0.2) is 43.7 Å². The summed E-state index contributed by atoms with van der Waals surface area (Å²) in [5.74, 6) is -0.328.